The molecule has 0 radical (unpaired) electrons. The smallest absolute Gasteiger partial charge is 0.119 e. The molecule has 0 saturated carbocycles. The number of aromatic amines is 1. The van der Waals surface area contributed by atoms with Gasteiger partial charge in [0.1, 0.15) is 5.75 Å². The summed E-state index contributed by atoms with van der Waals surface area (Å²) in [5.41, 5.74) is 3.91. The van der Waals surface area contributed by atoms with E-state index in [4.69, 9.17) is 4.74 Å². The molecule has 4 heteroatoms. The highest BCUT2D eigenvalue weighted by Gasteiger charge is 2.13. The molecular formula is C17H21N3O. The Kier molecular flexibility index (Phi) is 4.36. The van der Waals surface area contributed by atoms with Crippen LogP contribution in [0.1, 0.15) is 24.6 Å². The summed E-state index contributed by atoms with van der Waals surface area (Å²) >= 11 is 0. The Hall–Kier alpha value is -2.07. The summed E-state index contributed by atoms with van der Waals surface area (Å²) < 4.78 is 5.49. The van der Waals surface area contributed by atoms with Crippen molar-refractivity contribution in [2.24, 2.45) is 0 Å². The fourth-order valence-corrected chi connectivity index (χ4v) is 2.66. The molecule has 0 spiro atoms. The van der Waals surface area contributed by atoms with Crippen molar-refractivity contribution in [2.75, 3.05) is 19.7 Å². The van der Waals surface area contributed by atoms with Crippen LogP contribution < -0.4 is 4.74 Å². The molecule has 1 aromatic heterocycles. The lowest BCUT2D eigenvalue weighted by molar-refractivity contribution is 0.291. The van der Waals surface area contributed by atoms with Crippen molar-refractivity contribution >= 4 is 5.57 Å². The van der Waals surface area contributed by atoms with E-state index >= 15 is 0 Å². The van der Waals surface area contributed by atoms with Gasteiger partial charge < -0.3 is 9.72 Å². The highest BCUT2D eigenvalue weighted by atomic mass is 16.5. The lowest BCUT2D eigenvalue weighted by atomic mass is 9.99. The van der Waals surface area contributed by atoms with Gasteiger partial charge in [0.2, 0.25) is 0 Å². The fourth-order valence-electron chi connectivity index (χ4n) is 2.66. The van der Waals surface area contributed by atoms with Gasteiger partial charge in [0, 0.05) is 31.5 Å². The van der Waals surface area contributed by atoms with Crippen LogP contribution in [-0.2, 0) is 6.54 Å². The van der Waals surface area contributed by atoms with Crippen LogP contribution in [0.2, 0.25) is 0 Å². The number of hydrogen-bond donors (Lipinski definition) is 1. The van der Waals surface area contributed by atoms with E-state index in [-0.39, 0.29) is 0 Å². The SMILES string of the molecule is CCOc1ccc(C2=CCN(Cc3cnc[nH]3)CC2)cc1. The van der Waals surface area contributed by atoms with E-state index in [1.807, 2.05) is 13.1 Å². The second-order valence-corrected chi connectivity index (χ2v) is 5.25. The second-order valence-electron chi connectivity index (χ2n) is 5.25. The Morgan fingerprint density at radius 3 is 2.76 bits per heavy atom. The number of benzene rings is 1. The van der Waals surface area contributed by atoms with Gasteiger partial charge in [0.25, 0.3) is 0 Å². The van der Waals surface area contributed by atoms with Gasteiger partial charge in [0.15, 0.2) is 0 Å². The summed E-state index contributed by atoms with van der Waals surface area (Å²) in [5, 5.41) is 0. The van der Waals surface area contributed by atoms with Crippen molar-refractivity contribution in [3.63, 3.8) is 0 Å². The van der Waals surface area contributed by atoms with Crippen molar-refractivity contribution < 1.29 is 4.74 Å². The molecule has 0 amide bonds. The predicted molar refractivity (Wildman–Crippen MR) is 84.1 cm³/mol. The number of ether oxygens (including phenoxy) is 1. The summed E-state index contributed by atoms with van der Waals surface area (Å²) in [6.45, 7) is 5.73. The molecule has 2 heterocycles. The van der Waals surface area contributed by atoms with Gasteiger partial charge in [0.05, 0.1) is 12.9 Å². The minimum atomic E-state index is 0.713. The monoisotopic (exact) mass is 283 g/mol. The first-order chi connectivity index (χ1) is 10.3. The average Bonchev–Trinajstić information content (AvgIpc) is 3.02. The predicted octanol–water partition coefficient (Wildman–Crippen LogP) is 3.10. The zero-order valence-corrected chi connectivity index (χ0v) is 12.4. The van der Waals surface area contributed by atoms with E-state index < -0.39 is 0 Å². The fraction of sp³-hybridized carbons (Fsp3) is 0.353. The summed E-state index contributed by atoms with van der Waals surface area (Å²) in [6.07, 6.45) is 7.05. The average molecular weight is 283 g/mol. The van der Waals surface area contributed by atoms with Crippen molar-refractivity contribution in [1.29, 1.82) is 0 Å². The van der Waals surface area contributed by atoms with Crippen LogP contribution in [-0.4, -0.2) is 34.6 Å². The van der Waals surface area contributed by atoms with E-state index in [2.05, 4.69) is 45.2 Å². The number of nitrogens with one attached hydrogen (secondary N) is 1. The standard InChI is InChI=1S/C17H21N3O/c1-2-21-17-5-3-14(4-6-17)15-7-9-20(10-8-15)12-16-11-18-13-19-16/h3-7,11,13H,2,8-10,12H2,1H3,(H,18,19). The Balaban J connectivity index is 1.61. The Bertz CT molecular complexity index is 587. The molecule has 1 aromatic carbocycles. The van der Waals surface area contributed by atoms with E-state index in [1.165, 1.54) is 16.8 Å². The number of rotatable bonds is 5. The third kappa shape index (κ3) is 3.52. The van der Waals surface area contributed by atoms with Crippen LogP contribution in [0.15, 0.2) is 42.9 Å². The zero-order valence-electron chi connectivity index (χ0n) is 12.4. The zero-order chi connectivity index (χ0) is 14.5. The van der Waals surface area contributed by atoms with Gasteiger partial charge in [-0.25, -0.2) is 4.98 Å². The summed E-state index contributed by atoms with van der Waals surface area (Å²) in [7, 11) is 0. The van der Waals surface area contributed by atoms with Gasteiger partial charge in [-0.2, -0.15) is 0 Å². The van der Waals surface area contributed by atoms with Gasteiger partial charge >= 0.3 is 0 Å². The van der Waals surface area contributed by atoms with Crippen LogP contribution in [0.3, 0.4) is 0 Å². The van der Waals surface area contributed by atoms with Gasteiger partial charge in [-0.05, 0) is 36.6 Å². The van der Waals surface area contributed by atoms with Crippen LogP contribution in [0.25, 0.3) is 5.57 Å². The number of hydrogen-bond acceptors (Lipinski definition) is 3. The molecule has 0 bridgehead atoms. The molecule has 1 aliphatic heterocycles. The maximum atomic E-state index is 5.49. The van der Waals surface area contributed by atoms with Crippen LogP contribution >= 0.6 is 0 Å². The minimum absolute atomic E-state index is 0.713. The minimum Gasteiger partial charge on any atom is -0.494 e. The Morgan fingerprint density at radius 1 is 1.29 bits per heavy atom. The van der Waals surface area contributed by atoms with Crippen LogP contribution in [0.5, 0.6) is 5.75 Å². The highest BCUT2D eigenvalue weighted by Crippen LogP contribution is 2.24. The van der Waals surface area contributed by atoms with Crippen LogP contribution in [0, 0.1) is 0 Å². The topological polar surface area (TPSA) is 41.1 Å². The molecule has 21 heavy (non-hydrogen) atoms. The van der Waals surface area contributed by atoms with Crippen LogP contribution in [0.4, 0.5) is 0 Å². The van der Waals surface area contributed by atoms with E-state index in [1.54, 1.807) is 6.33 Å². The van der Waals surface area contributed by atoms with Crippen molar-refractivity contribution in [1.82, 2.24) is 14.9 Å². The van der Waals surface area contributed by atoms with Gasteiger partial charge in [-0.3, -0.25) is 4.90 Å². The Morgan fingerprint density at radius 2 is 2.14 bits per heavy atom. The molecule has 4 nitrogen and oxygen atoms in total. The molecule has 2 aromatic rings. The lowest BCUT2D eigenvalue weighted by Gasteiger charge is -2.26. The molecule has 0 aliphatic carbocycles. The molecule has 0 saturated heterocycles. The van der Waals surface area contributed by atoms with Crippen molar-refractivity contribution in [3.8, 4) is 5.75 Å². The number of H-pyrrole nitrogens is 1. The third-order valence-corrected chi connectivity index (χ3v) is 3.78. The molecule has 0 atom stereocenters. The molecule has 0 unspecified atom stereocenters. The number of imidazole rings is 1. The lowest BCUT2D eigenvalue weighted by Crippen LogP contribution is -2.28. The first-order valence-corrected chi connectivity index (χ1v) is 7.47. The van der Waals surface area contributed by atoms with Gasteiger partial charge in [-0.1, -0.05) is 18.2 Å². The summed E-state index contributed by atoms with van der Waals surface area (Å²) in [5.74, 6) is 0.943. The summed E-state index contributed by atoms with van der Waals surface area (Å²) in [4.78, 5) is 9.64. The van der Waals surface area contributed by atoms with Crippen molar-refractivity contribution in [3.05, 3.63) is 54.1 Å². The normalized spacial score (nSPS) is 15.8. The third-order valence-electron chi connectivity index (χ3n) is 3.78. The van der Waals surface area contributed by atoms with Crippen molar-refractivity contribution in [2.45, 2.75) is 19.9 Å². The molecular weight excluding hydrogens is 262 g/mol. The molecule has 1 N–H and O–H groups in total. The van der Waals surface area contributed by atoms with E-state index in [9.17, 15) is 0 Å². The second kappa shape index (κ2) is 6.59. The quantitative estimate of drug-likeness (QED) is 0.916. The molecule has 3 rings (SSSR count). The van der Waals surface area contributed by atoms with E-state index in [0.717, 1.165) is 31.8 Å². The molecule has 1 aliphatic rings. The first-order valence-electron chi connectivity index (χ1n) is 7.47. The largest absolute Gasteiger partial charge is 0.494 e. The first kappa shape index (κ1) is 13.9. The molecule has 110 valence electrons. The highest BCUT2D eigenvalue weighted by molar-refractivity contribution is 5.67. The van der Waals surface area contributed by atoms with Gasteiger partial charge in [-0.15, -0.1) is 0 Å². The van der Waals surface area contributed by atoms with E-state index in [0.29, 0.717) is 6.61 Å². The maximum Gasteiger partial charge on any atom is 0.119 e. The summed E-state index contributed by atoms with van der Waals surface area (Å²) in [6, 6.07) is 8.41. The Labute approximate surface area is 125 Å². The maximum absolute atomic E-state index is 5.49. The molecule has 0 fully saturated rings. The number of nitrogens with zero attached hydrogens (tertiary/aromatic N) is 2. The number of aromatic nitrogens is 2.